The zero-order valence-electron chi connectivity index (χ0n) is 17.9. The monoisotopic (exact) mass is 444 g/mol. The van der Waals surface area contributed by atoms with Crippen LogP contribution in [0.2, 0.25) is 0 Å². The van der Waals surface area contributed by atoms with Crippen molar-refractivity contribution in [2.24, 2.45) is 0 Å². The minimum atomic E-state index is -3.54. The number of nitrogens with zero attached hydrogens (tertiary/aromatic N) is 4. The summed E-state index contributed by atoms with van der Waals surface area (Å²) in [6.07, 6.45) is 6.71. The van der Waals surface area contributed by atoms with Crippen LogP contribution in [0, 0.1) is 6.92 Å². The fourth-order valence-electron chi connectivity index (χ4n) is 4.58. The molecule has 1 aromatic heterocycles. The first-order valence-corrected chi connectivity index (χ1v) is 12.3. The molecule has 0 N–H and O–H groups in total. The van der Waals surface area contributed by atoms with Crippen LogP contribution >= 0.6 is 0 Å². The first kappa shape index (κ1) is 20.7. The van der Waals surface area contributed by atoms with Gasteiger partial charge in [0.2, 0.25) is 15.9 Å². The van der Waals surface area contributed by atoms with Crippen LogP contribution < -0.4 is 9.47 Å². The van der Waals surface area contributed by atoms with Crippen molar-refractivity contribution in [3.63, 3.8) is 0 Å². The molecule has 1 aromatic carbocycles. The maximum Gasteiger partial charge on any atom is 0.243 e. The van der Waals surface area contributed by atoms with E-state index in [-0.39, 0.29) is 12.1 Å². The Morgan fingerprint density at radius 3 is 2.61 bits per heavy atom. The van der Waals surface area contributed by atoms with E-state index in [9.17, 15) is 8.42 Å². The van der Waals surface area contributed by atoms with Gasteiger partial charge in [0.25, 0.3) is 0 Å². The van der Waals surface area contributed by atoms with Gasteiger partial charge in [0.15, 0.2) is 0 Å². The summed E-state index contributed by atoms with van der Waals surface area (Å²) in [6.45, 7) is 4.29. The summed E-state index contributed by atoms with van der Waals surface area (Å²) < 4.78 is 39.3. The zero-order valence-corrected chi connectivity index (χ0v) is 18.7. The largest absolute Gasteiger partial charge is 0.496 e. The Kier molecular flexibility index (Phi) is 5.35. The molecule has 0 unspecified atom stereocenters. The third-order valence-electron chi connectivity index (χ3n) is 6.48. The molecule has 3 heterocycles. The third-order valence-corrected chi connectivity index (χ3v) is 8.34. The molecule has 1 aliphatic carbocycles. The minimum absolute atomic E-state index is 0.00281. The van der Waals surface area contributed by atoms with Crippen LogP contribution in [0.25, 0.3) is 0 Å². The predicted molar refractivity (Wildman–Crippen MR) is 115 cm³/mol. The van der Waals surface area contributed by atoms with Crippen molar-refractivity contribution in [2.45, 2.75) is 49.1 Å². The van der Waals surface area contributed by atoms with Crippen molar-refractivity contribution in [2.75, 3.05) is 33.3 Å². The Morgan fingerprint density at radius 1 is 1.10 bits per heavy atom. The highest BCUT2D eigenvalue weighted by molar-refractivity contribution is 7.89. The number of hydrogen-bond acceptors (Lipinski definition) is 7. The molecule has 3 fully saturated rings. The van der Waals surface area contributed by atoms with Gasteiger partial charge in [-0.05, 0) is 43.5 Å². The van der Waals surface area contributed by atoms with E-state index in [0.717, 1.165) is 24.2 Å². The van der Waals surface area contributed by atoms with E-state index in [4.69, 9.17) is 9.47 Å². The van der Waals surface area contributed by atoms with Gasteiger partial charge in [0.05, 0.1) is 30.1 Å². The lowest BCUT2D eigenvalue weighted by Crippen LogP contribution is -2.51. The molecule has 1 saturated carbocycles. The number of aryl methyl sites for hydroxylation is 1. The van der Waals surface area contributed by atoms with Crippen LogP contribution in [-0.4, -0.2) is 73.0 Å². The highest BCUT2D eigenvalue weighted by atomic mass is 32.2. The Morgan fingerprint density at radius 2 is 1.94 bits per heavy atom. The van der Waals surface area contributed by atoms with E-state index < -0.39 is 10.0 Å². The Bertz CT molecular complexity index is 1060. The molecule has 31 heavy (non-hydrogen) atoms. The highest BCUT2D eigenvalue weighted by Gasteiger charge is 2.41. The van der Waals surface area contributed by atoms with Crippen molar-refractivity contribution in [3.8, 4) is 11.6 Å². The number of piperazine rings is 1. The quantitative estimate of drug-likeness (QED) is 0.675. The van der Waals surface area contributed by atoms with Crippen LogP contribution in [-0.2, 0) is 10.0 Å². The number of aromatic nitrogens is 2. The minimum Gasteiger partial charge on any atom is -0.496 e. The molecule has 166 valence electrons. The average Bonchev–Trinajstić information content (AvgIpc) is 3.53. The van der Waals surface area contributed by atoms with Crippen molar-refractivity contribution in [1.29, 1.82) is 0 Å². The zero-order chi connectivity index (χ0) is 21.6. The number of fused-ring (bicyclic) bond motifs is 1. The molecule has 0 radical (unpaired) electrons. The van der Waals surface area contributed by atoms with E-state index in [1.807, 2.05) is 13.1 Å². The van der Waals surface area contributed by atoms with Crippen molar-refractivity contribution >= 4 is 10.0 Å². The second-order valence-electron chi connectivity index (χ2n) is 8.67. The second kappa shape index (κ2) is 8.03. The summed E-state index contributed by atoms with van der Waals surface area (Å²) in [6, 6.07) is 5.17. The van der Waals surface area contributed by atoms with Gasteiger partial charge in [-0.3, -0.25) is 9.88 Å². The molecule has 3 aliphatic rings. The molecular formula is C22H28N4O4S. The van der Waals surface area contributed by atoms with Crippen LogP contribution in [0.1, 0.15) is 36.4 Å². The summed E-state index contributed by atoms with van der Waals surface area (Å²) in [5.41, 5.74) is 1.86. The molecule has 0 spiro atoms. The smallest absolute Gasteiger partial charge is 0.243 e. The summed E-state index contributed by atoms with van der Waals surface area (Å²) in [5.74, 6) is 1.81. The van der Waals surface area contributed by atoms with Gasteiger partial charge in [-0.25, -0.2) is 13.4 Å². The van der Waals surface area contributed by atoms with Crippen molar-refractivity contribution in [1.82, 2.24) is 19.2 Å². The fourth-order valence-corrected chi connectivity index (χ4v) is 6.13. The van der Waals surface area contributed by atoms with Gasteiger partial charge in [0, 0.05) is 44.6 Å². The van der Waals surface area contributed by atoms with Gasteiger partial charge in [-0.1, -0.05) is 0 Å². The van der Waals surface area contributed by atoms with Gasteiger partial charge in [-0.2, -0.15) is 4.31 Å². The molecule has 2 aromatic rings. The number of ether oxygens (including phenoxy) is 2. The standard InChI is InChI=1S/C22H28N4O4S/c1-15-9-19(5-6-21(15)29-2)31(27,28)26-8-7-25-14-18(10-17(25)13-26)30-22-12-23-20(11-24-22)16-3-4-16/h5-6,9,11-12,16-18H,3-4,7-8,10,13-14H2,1-2H3/t17-,18+/m0/s1. The number of hydrogen-bond donors (Lipinski definition) is 0. The molecule has 0 amide bonds. The van der Waals surface area contributed by atoms with Gasteiger partial charge in [-0.15, -0.1) is 0 Å². The summed E-state index contributed by atoms with van der Waals surface area (Å²) in [7, 11) is -1.96. The third kappa shape index (κ3) is 4.14. The summed E-state index contributed by atoms with van der Waals surface area (Å²) >= 11 is 0. The molecular weight excluding hydrogens is 416 g/mol. The predicted octanol–water partition coefficient (Wildman–Crippen LogP) is 2.20. The summed E-state index contributed by atoms with van der Waals surface area (Å²) in [4.78, 5) is 11.5. The van der Waals surface area contributed by atoms with E-state index in [1.165, 1.54) is 12.8 Å². The topological polar surface area (TPSA) is 84.9 Å². The first-order chi connectivity index (χ1) is 14.9. The molecule has 9 heteroatoms. The van der Waals surface area contributed by atoms with E-state index in [2.05, 4.69) is 14.9 Å². The molecule has 0 bridgehead atoms. The van der Waals surface area contributed by atoms with Gasteiger partial charge >= 0.3 is 0 Å². The first-order valence-electron chi connectivity index (χ1n) is 10.8. The van der Waals surface area contributed by atoms with Crippen LogP contribution in [0.5, 0.6) is 11.6 Å². The molecule has 2 saturated heterocycles. The van der Waals surface area contributed by atoms with Crippen LogP contribution in [0.4, 0.5) is 0 Å². The van der Waals surface area contributed by atoms with E-state index in [1.54, 1.807) is 35.8 Å². The molecule has 2 atom stereocenters. The van der Waals surface area contributed by atoms with Crippen molar-refractivity contribution < 1.29 is 17.9 Å². The molecule has 8 nitrogen and oxygen atoms in total. The number of rotatable bonds is 6. The average molecular weight is 445 g/mol. The number of methoxy groups -OCH3 is 1. The van der Waals surface area contributed by atoms with Crippen LogP contribution in [0.15, 0.2) is 35.5 Å². The summed E-state index contributed by atoms with van der Waals surface area (Å²) in [5, 5.41) is 0. The Hall–Kier alpha value is -2.23. The van der Waals surface area contributed by atoms with Gasteiger partial charge in [0.1, 0.15) is 11.9 Å². The maximum atomic E-state index is 13.2. The lowest BCUT2D eigenvalue weighted by atomic mass is 10.2. The van der Waals surface area contributed by atoms with E-state index >= 15 is 0 Å². The maximum absolute atomic E-state index is 13.2. The van der Waals surface area contributed by atoms with Gasteiger partial charge < -0.3 is 9.47 Å². The lowest BCUT2D eigenvalue weighted by molar-refractivity contribution is 0.151. The normalized spacial score (nSPS) is 24.7. The van der Waals surface area contributed by atoms with Crippen LogP contribution in [0.3, 0.4) is 0 Å². The highest BCUT2D eigenvalue weighted by Crippen LogP contribution is 2.38. The SMILES string of the molecule is COc1ccc(S(=O)(=O)N2CCN3C[C@H](Oc4cnc(C5CC5)cn4)C[C@H]3C2)cc1C. The fraction of sp³-hybridized carbons (Fsp3) is 0.545. The number of sulfonamides is 1. The molecule has 2 aliphatic heterocycles. The van der Waals surface area contributed by atoms with Crippen molar-refractivity contribution in [3.05, 3.63) is 41.9 Å². The van der Waals surface area contributed by atoms with E-state index in [0.29, 0.717) is 42.1 Å². The Labute approximate surface area is 183 Å². The second-order valence-corrected chi connectivity index (χ2v) is 10.6. The molecule has 5 rings (SSSR count). The lowest BCUT2D eigenvalue weighted by Gasteiger charge is -2.36. The number of benzene rings is 1. The Balaban J connectivity index is 1.23.